The number of hydrogen-bond acceptors (Lipinski definition) is 3. The second-order valence-electron chi connectivity index (χ2n) is 3.82. The van der Waals surface area contributed by atoms with E-state index in [-0.39, 0.29) is 6.54 Å². The number of rotatable bonds is 5. The molecular formula is C12H19NO2. The molecule has 0 fully saturated rings. The molecule has 1 aromatic carbocycles. The van der Waals surface area contributed by atoms with Gasteiger partial charge in [0.2, 0.25) is 0 Å². The van der Waals surface area contributed by atoms with Crippen LogP contribution in [-0.2, 0) is 11.3 Å². The molecule has 0 aliphatic rings. The molecule has 3 heteroatoms. The van der Waals surface area contributed by atoms with Crippen molar-refractivity contribution < 1.29 is 9.84 Å². The molecule has 1 atom stereocenters. The molecule has 0 aliphatic heterocycles. The van der Waals surface area contributed by atoms with Gasteiger partial charge < -0.3 is 15.6 Å². The van der Waals surface area contributed by atoms with Gasteiger partial charge >= 0.3 is 0 Å². The summed E-state index contributed by atoms with van der Waals surface area (Å²) in [7, 11) is 0. The first-order valence-corrected chi connectivity index (χ1v) is 5.15. The van der Waals surface area contributed by atoms with Crippen molar-refractivity contribution in [1.29, 1.82) is 0 Å². The fraction of sp³-hybridized carbons (Fsp3) is 0.500. The van der Waals surface area contributed by atoms with Gasteiger partial charge in [0, 0.05) is 6.54 Å². The molecule has 1 aromatic rings. The van der Waals surface area contributed by atoms with Crippen LogP contribution in [0.1, 0.15) is 16.7 Å². The number of aliphatic hydroxyl groups is 1. The largest absolute Gasteiger partial charge is 0.389 e. The second kappa shape index (κ2) is 5.85. The van der Waals surface area contributed by atoms with E-state index < -0.39 is 6.10 Å². The van der Waals surface area contributed by atoms with Crippen molar-refractivity contribution in [2.45, 2.75) is 26.6 Å². The van der Waals surface area contributed by atoms with Gasteiger partial charge in [-0.3, -0.25) is 0 Å². The SMILES string of the molecule is Cc1ccc(COCC(O)CN)cc1C. The van der Waals surface area contributed by atoms with Crippen molar-refractivity contribution in [3.05, 3.63) is 34.9 Å². The highest BCUT2D eigenvalue weighted by molar-refractivity contribution is 5.29. The molecule has 1 unspecified atom stereocenters. The summed E-state index contributed by atoms with van der Waals surface area (Å²) < 4.78 is 5.34. The normalized spacial score (nSPS) is 12.8. The Balaban J connectivity index is 2.41. The van der Waals surface area contributed by atoms with Crippen LogP contribution < -0.4 is 5.73 Å². The van der Waals surface area contributed by atoms with Crippen LogP contribution >= 0.6 is 0 Å². The third-order valence-electron chi connectivity index (χ3n) is 2.42. The lowest BCUT2D eigenvalue weighted by molar-refractivity contribution is 0.0329. The smallest absolute Gasteiger partial charge is 0.0895 e. The average molecular weight is 209 g/mol. The molecule has 0 amide bonds. The fourth-order valence-corrected chi connectivity index (χ4v) is 1.27. The lowest BCUT2D eigenvalue weighted by atomic mass is 10.1. The molecular weight excluding hydrogens is 190 g/mol. The minimum atomic E-state index is -0.559. The van der Waals surface area contributed by atoms with E-state index in [4.69, 9.17) is 10.5 Å². The average Bonchev–Trinajstić information content (AvgIpc) is 2.23. The van der Waals surface area contributed by atoms with Crippen LogP contribution in [0.15, 0.2) is 18.2 Å². The first-order valence-electron chi connectivity index (χ1n) is 5.15. The summed E-state index contributed by atoms with van der Waals surface area (Å²) in [5.41, 5.74) is 8.93. The molecule has 1 rings (SSSR count). The van der Waals surface area contributed by atoms with Crippen LogP contribution in [0.3, 0.4) is 0 Å². The minimum Gasteiger partial charge on any atom is -0.389 e. The molecule has 0 heterocycles. The molecule has 0 saturated heterocycles. The van der Waals surface area contributed by atoms with E-state index in [9.17, 15) is 5.11 Å². The van der Waals surface area contributed by atoms with Crippen LogP contribution in [0.5, 0.6) is 0 Å². The first kappa shape index (κ1) is 12.2. The molecule has 0 saturated carbocycles. The van der Waals surface area contributed by atoms with Gasteiger partial charge in [-0.05, 0) is 30.5 Å². The maximum absolute atomic E-state index is 9.18. The molecule has 3 nitrogen and oxygen atoms in total. The quantitative estimate of drug-likeness (QED) is 0.764. The third-order valence-corrected chi connectivity index (χ3v) is 2.42. The lowest BCUT2D eigenvalue weighted by Gasteiger charge is -2.09. The summed E-state index contributed by atoms with van der Waals surface area (Å²) in [5.74, 6) is 0. The van der Waals surface area contributed by atoms with Gasteiger partial charge in [-0.15, -0.1) is 0 Å². The van der Waals surface area contributed by atoms with Crippen LogP contribution in [0.25, 0.3) is 0 Å². The Morgan fingerprint density at radius 1 is 1.33 bits per heavy atom. The summed E-state index contributed by atoms with van der Waals surface area (Å²) in [6.45, 7) is 5.22. The van der Waals surface area contributed by atoms with Crippen LogP contribution in [-0.4, -0.2) is 24.4 Å². The number of aryl methyl sites for hydroxylation is 2. The van der Waals surface area contributed by atoms with Gasteiger partial charge in [0.1, 0.15) is 0 Å². The summed E-state index contributed by atoms with van der Waals surface area (Å²) in [6.07, 6.45) is -0.559. The van der Waals surface area contributed by atoms with E-state index in [1.54, 1.807) is 0 Å². The van der Waals surface area contributed by atoms with Gasteiger partial charge in [-0.1, -0.05) is 18.2 Å². The zero-order valence-electron chi connectivity index (χ0n) is 9.36. The van der Waals surface area contributed by atoms with Gasteiger partial charge in [0.05, 0.1) is 19.3 Å². The van der Waals surface area contributed by atoms with Gasteiger partial charge in [-0.2, -0.15) is 0 Å². The predicted octanol–water partition coefficient (Wildman–Crippen LogP) is 1.14. The monoisotopic (exact) mass is 209 g/mol. The molecule has 0 radical (unpaired) electrons. The second-order valence-corrected chi connectivity index (χ2v) is 3.82. The zero-order valence-corrected chi connectivity index (χ0v) is 9.36. The molecule has 3 N–H and O–H groups in total. The van der Waals surface area contributed by atoms with Crippen molar-refractivity contribution in [3.8, 4) is 0 Å². The van der Waals surface area contributed by atoms with E-state index in [2.05, 4.69) is 26.0 Å². The number of hydrogen-bond donors (Lipinski definition) is 2. The zero-order chi connectivity index (χ0) is 11.3. The van der Waals surface area contributed by atoms with E-state index in [1.165, 1.54) is 11.1 Å². The topological polar surface area (TPSA) is 55.5 Å². The number of aliphatic hydroxyl groups excluding tert-OH is 1. The number of nitrogens with two attached hydrogens (primary N) is 1. The first-order chi connectivity index (χ1) is 7.13. The Hall–Kier alpha value is -0.900. The molecule has 84 valence electrons. The molecule has 0 spiro atoms. The van der Waals surface area contributed by atoms with Gasteiger partial charge in [0.15, 0.2) is 0 Å². The number of ether oxygens (including phenoxy) is 1. The summed E-state index contributed by atoms with van der Waals surface area (Å²) in [4.78, 5) is 0. The highest BCUT2D eigenvalue weighted by atomic mass is 16.5. The van der Waals surface area contributed by atoms with Crippen LogP contribution in [0, 0.1) is 13.8 Å². The predicted molar refractivity (Wildman–Crippen MR) is 60.6 cm³/mol. The van der Waals surface area contributed by atoms with Crippen LogP contribution in [0.2, 0.25) is 0 Å². The van der Waals surface area contributed by atoms with Crippen molar-refractivity contribution in [2.24, 2.45) is 5.73 Å². The standard InChI is InChI=1S/C12H19NO2/c1-9-3-4-11(5-10(9)2)7-15-8-12(14)6-13/h3-5,12,14H,6-8,13H2,1-2H3. The minimum absolute atomic E-state index is 0.243. The summed E-state index contributed by atoms with van der Waals surface area (Å²) >= 11 is 0. The molecule has 15 heavy (non-hydrogen) atoms. The Bertz CT molecular complexity index is 312. The maximum Gasteiger partial charge on any atom is 0.0895 e. The highest BCUT2D eigenvalue weighted by Gasteiger charge is 2.01. The Morgan fingerprint density at radius 2 is 2.07 bits per heavy atom. The van der Waals surface area contributed by atoms with E-state index in [0.717, 1.165) is 5.56 Å². The number of benzene rings is 1. The Labute approximate surface area is 90.9 Å². The summed E-state index contributed by atoms with van der Waals surface area (Å²) in [6, 6.07) is 6.22. The van der Waals surface area contributed by atoms with Crippen molar-refractivity contribution >= 4 is 0 Å². The van der Waals surface area contributed by atoms with Crippen molar-refractivity contribution in [1.82, 2.24) is 0 Å². The van der Waals surface area contributed by atoms with Crippen LogP contribution in [0.4, 0.5) is 0 Å². The van der Waals surface area contributed by atoms with E-state index in [0.29, 0.717) is 13.2 Å². The fourth-order valence-electron chi connectivity index (χ4n) is 1.27. The Kier molecular flexibility index (Phi) is 4.75. The van der Waals surface area contributed by atoms with Gasteiger partial charge in [0.25, 0.3) is 0 Å². The summed E-state index contributed by atoms with van der Waals surface area (Å²) in [5, 5.41) is 9.18. The molecule has 0 aromatic heterocycles. The molecule has 0 aliphatic carbocycles. The van der Waals surface area contributed by atoms with Crippen molar-refractivity contribution in [2.75, 3.05) is 13.2 Å². The van der Waals surface area contributed by atoms with Gasteiger partial charge in [-0.25, -0.2) is 0 Å². The molecule has 0 bridgehead atoms. The van der Waals surface area contributed by atoms with E-state index >= 15 is 0 Å². The maximum atomic E-state index is 9.18. The lowest BCUT2D eigenvalue weighted by Crippen LogP contribution is -2.24. The van der Waals surface area contributed by atoms with Crippen molar-refractivity contribution in [3.63, 3.8) is 0 Å². The third kappa shape index (κ3) is 4.00. The Morgan fingerprint density at radius 3 is 2.67 bits per heavy atom. The highest BCUT2D eigenvalue weighted by Crippen LogP contribution is 2.10. The van der Waals surface area contributed by atoms with E-state index in [1.807, 2.05) is 6.07 Å².